The number of aryl methyl sites for hydroxylation is 1. The molecule has 0 saturated heterocycles. The van der Waals surface area contributed by atoms with Crippen molar-refractivity contribution in [1.82, 2.24) is 9.55 Å². The highest BCUT2D eigenvalue weighted by molar-refractivity contribution is 7.12. The summed E-state index contributed by atoms with van der Waals surface area (Å²) >= 11 is 1.47. The number of esters is 1. The van der Waals surface area contributed by atoms with Gasteiger partial charge in [-0.15, -0.1) is 11.3 Å². The van der Waals surface area contributed by atoms with Gasteiger partial charge in [-0.25, -0.2) is 9.78 Å². The van der Waals surface area contributed by atoms with Crippen molar-refractivity contribution in [3.05, 3.63) is 64.4 Å². The molecule has 0 saturated carbocycles. The number of ketones is 1. The first kappa shape index (κ1) is 21.0. The highest BCUT2D eigenvalue weighted by Gasteiger charge is 2.19. The molecule has 3 rings (SSSR count). The third kappa shape index (κ3) is 4.61. The summed E-state index contributed by atoms with van der Waals surface area (Å²) in [4.78, 5) is 40.5. The van der Waals surface area contributed by atoms with Gasteiger partial charge in [-0.2, -0.15) is 5.26 Å². The summed E-state index contributed by atoms with van der Waals surface area (Å²) in [7, 11) is 0. The van der Waals surface area contributed by atoms with Crippen molar-refractivity contribution in [1.29, 1.82) is 5.26 Å². The van der Waals surface area contributed by atoms with E-state index in [0.29, 0.717) is 11.3 Å². The van der Waals surface area contributed by atoms with Gasteiger partial charge < -0.3 is 10.1 Å². The van der Waals surface area contributed by atoms with Crippen molar-refractivity contribution in [3.63, 3.8) is 0 Å². The first-order valence-electron chi connectivity index (χ1n) is 8.96. The Labute approximate surface area is 176 Å². The van der Waals surface area contributed by atoms with E-state index in [1.165, 1.54) is 35.6 Å². The van der Waals surface area contributed by atoms with E-state index in [1.807, 2.05) is 23.8 Å². The van der Waals surface area contributed by atoms with E-state index in [1.54, 1.807) is 18.3 Å². The van der Waals surface area contributed by atoms with Gasteiger partial charge in [0.1, 0.15) is 6.42 Å². The van der Waals surface area contributed by atoms with Gasteiger partial charge in [0.25, 0.3) is 0 Å². The fourth-order valence-corrected chi connectivity index (χ4v) is 3.68. The molecule has 0 spiro atoms. The number of amides is 1. The first-order valence-corrected chi connectivity index (χ1v) is 9.84. The molecular formula is C21H18N4O4S. The number of anilines is 1. The number of rotatable bonds is 7. The van der Waals surface area contributed by atoms with Gasteiger partial charge >= 0.3 is 5.97 Å². The molecule has 1 aromatic carbocycles. The normalized spacial score (nSPS) is 10.3. The smallest absolute Gasteiger partial charge is 0.338 e. The van der Waals surface area contributed by atoms with E-state index in [-0.39, 0.29) is 24.4 Å². The summed E-state index contributed by atoms with van der Waals surface area (Å²) in [5.74, 6) is -1.39. The van der Waals surface area contributed by atoms with Gasteiger partial charge in [0, 0.05) is 34.2 Å². The Bertz CT molecular complexity index is 1130. The molecule has 0 aliphatic rings. The lowest BCUT2D eigenvalue weighted by atomic mass is 10.1. The van der Waals surface area contributed by atoms with Crippen LogP contribution in [0.4, 0.5) is 5.69 Å². The van der Waals surface area contributed by atoms with Gasteiger partial charge in [-0.05, 0) is 44.2 Å². The van der Waals surface area contributed by atoms with Crippen LogP contribution in [0.25, 0.3) is 5.13 Å². The number of thiazole rings is 1. The summed E-state index contributed by atoms with van der Waals surface area (Å²) in [5, 5.41) is 13.7. The number of hydrogen-bond donors (Lipinski definition) is 1. The minimum Gasteiger partial charge on any atom is -0.454 e. The Kier molecular flexibility index (Phi) is 6.39. The number of benzene rings is 1. The largest absolute Gasteiger partial charge is 0.454 e. The molecule has 0 unspecified atom stereocenters. The van der Waals surface area contributed by atoms with Crippen LogP contribution >= 0.6 is 11.3 Å². The zero-order valence-corrected chi connectivity index (χ0v) is 17.2. The predicted octanol–water partition coefficient (Wildman–Crippen LogP) is 3.44. The number of nitrogens with zero attached hydrogens (tertiary/aromatic N) is 3. The molecule has 0 radical (unpaired) electrons. The first-order chi connectivity index (χ1) is 14.4. The fourth-order valence-electron chi connectivity index (χ4n) is 2.92. The molecule has 0 bridgehead atoms. The zero-order chi connectivity index (χ0) is 21.7. The van der Waals surface area contributed by atoms with Crippen LogP contribution in [0.15, 0.2) is 41.9 Å². The molecule has 0 aliphatic heterocycles. The second-order valence-corrected chi connectivity index (χ2v) is 7.27. The highest BCUT2D eigenvalue weighted by atomic mass is 32.1. The predicted molar refractivity (Wildman–Crippen MR) is 111 cm³/mol. The Balaban J connectivity index is 1.63. The Morgan fingerprint density at radius 3 is 2.60 bits per heavy atom. The quantitative estimate of drug-likeness (QED) is 0.461. The molecule has 0 fully saturated rings. The third-order valence-corrected chi connectivity index (χ3v) is 5.08. The molecule has 8 nitrogen and oxygen atoms in total. The number of aromatic nitrogens is 2. The Morgan fingerprint density at radius 1 is 1.23 bits per heavy atom. The van der Waals surface area contributed by atoms with E-state index >= 15 is 0 Å². The third-order valence-electron chi connectivity index (χ3n) is 4.32. The number of hydrogen-bond acceptors (Lipinski definition) is 7. The summed E-state index contributed by atoms with van der Waals surface area (Å²) in [6.45, 7) is 3.32. The van der Waals surface area contributed by atoms with Crippen LogP contribution in [0.2, 0.25) is 0 Å². The molecule has 0 atom stereocenters. The van der Waals surface area contributed by atoms with Gasteiger partial charge in [0.2, 0.25) is 11.7 Å². The van der Waals surface area contributed by atoms with Crippen molar-refractivity contribution >= 4 is 34.7 Å². The zero-order valence-electron chi connectivity index (χ0n) is 16.3. The van der Waals surface area contributed by atoms with E-state index in [2.05, 4.69) is 10.3 Å². The molecule has 9 heteroatoms. The van der Waals surface area contributed by atoms with Crippen LogP contribution in [0, 0.1) is 25.2 Å². The van der Waals surface area contributed by atoms with Crippen molar-refractivity contribution < 1.29 is 19.1 Å². The van der Waals surface area contributed by atoms with Crippen molar-refractivity contribution in [2.24, 2.45) is 0 Å². The second-order valence-electron chi connectivity index (χ2n) is 6.39. The van der Waals surface area contributed by atoms with Crippen LogP contribution in [0.5, 0.6) is 0 Å². The van der Waals surface area contributed by atoms with Gasteiger partial charge in [-0.3, -0.25) is 14.2 Å². The lowest BCUT2D eigenvalue weighted by Crippen LogP contribution is -2.15. The van der Waals surface area contributed by atoms with E-state index < -0.39 is 11.9 Å². The molecule has 3 aromatic rings. The molecule has 1 N–H and O–H groups in total. The minimum absolute atomic E-state index is 0.245. The number of nitrogens with one attached hydrogen (secondary N) is 1. The number of carbonyl (C=O) groups excluding carboxylic acids is 3. The molecule has 2 aromatic heterocycles. The van der Waals surface area contributed by atoms with Crippen LogP contribution in [0.3, 0.4) is 0 Å². The Morgan fingerprint density at radius 2 is 1.97 bits per heavy atom. The summed E-state index contributed by atoms with van der Waals surface area (Å²) in [6.07, 6.45) is 1.44. The van der Waals surface area contributed by atoms with E-state index in [0.717, 1.165) is 16.5 Å². The average Bonchev–Trinajstić information content (AvgIpc) is 3.34. The SMILES string of the molecule is Cc1cc(C(=O)COC(=O)c2ccc(NC(=O)CC#N)cc2)c(C)n1-c1nccs1. The maximum atomic E-state index is 12.6. The van der Waals surface area contributed by atoms with Crippen LogP contribution in [0.1, 0.15) is 38.5 Å². The summed E-state index contributed by atoms with van der Waals surface area (Å²) in [6, 6.07) is 9.50. The van der Waals surface area contributed by atoms with Crippen LogP contribution in [-0.4, -0.2) is 33.8 Å². The molecule has 2 heterocycles. The standard InChI is InChI=1S/C21H18N4O4S/c1-13-11-17(14(2)25(13)21-23-9-10-30-21)18(26)12-29-20(28)15-3-5-16(6-4-15)24-19(27)7-8-22/h3-6,9-11H,7,12H2,1-2H3,(H,24,27). The summed E-state index contributed by atoms with van der Waals surface area (Å²) < 4.78 is 7.05. The molecule has 152 valence electrons. The maximum Gasteiger partial charge on any atom is 0.338 e. The number of carbonyl (C=O) groups is 3. The fraction of sp³-hybridized carbons (Fsp3) is 0.190. The van der Waals surface area contributed by atoms with Gasteiger partial charge in [-0.1, -0.05) is 0 Å². The van der Waals surface area contributed by atoms with Crippen molar-refractivity contribution in [3.8, 4) is 11.2 Å². The number of ether oxygens (including phenoxy) is 1. The van der Waals surface area contributed by atoms with Crippen LogP contribution < -0.4 is 5.32 Å². The monoisotopic (exact) mass is 422 g/mol. The molecule has 1 amide bonds. The van der Waals surface area contributed by atoms with Gasteiger partial charge in [0.05, 0.1) is 11.6 Å². The second kappa shape index (κ2) is 9.15. The average molecular weight is 422 g/mol. The van der Waals surface area contributed by atoms with Crippen molar-refractivity contribution in [2.45, 2.75) is 20.3 Å². The van der Waals surface area contributed by atoms with E-state index in [9.17, 15) is 14.4 Å². The van der Waals surface area contributed by atoms with Gasteiger partial charge in [0.15, 0.2) is 11.7 Å². The Hall–Kier alpha value is -3.77. The van der Waals surface area contributed by atoms with E-state index in [4.69, 9.17) is 10.00 Å². The molecule has 30 heavy (non-hydrogen) atoms. The topological polar surface area (TPSA) is 114 Å². The number of nitriles is 1. The van der Waals surface area contributed by atoms with Crippen molar-refractivity contribution in [2.75, 3.05) is 11.9 Å². The lowest BCUT2D eigenvalue weighted by Gasteiger charge is -2.07. The minimum atomic E-state index is -0.646. The highest BCUT2D eigenvalue weighted by Crippen LogP contribution is 2.22. The van der Waals surface area contributed by atoms with Crippen LogP contribution in [-0.2, 0) is 9.53 Å². The summed E-state index contributed by atoms with van der Waals surface area (Å²) in [5.41, 5.74) is 2.78. The molecular weight excluding hydrogens is 404 g/mol. The molecule has 0 aliphatic carbocycles. The lowest BCUT2D eigenvalue weighted by molar-refractivity contribution is -0.115. The maximum absolute atomic E-state index is 12.6. The number of Topliss-reactive ketones (excluding diaryl/α,β-unsaturated/α-hetero) is 1.